The van der Waals surface area contributed by atoms with Crippen molar-refractivity contribution in [2.75, 3.05) is 25.1 Å². The molecule has 0 radical (unpaired) electrons. The van der Waals surface area contributed by atoms with E-state index < -0.39 is 17.8 Å². The van der Waals surface area contributed by atoms with Crippen LogP contribution in [0.3, 0.4) is 0 Å². The molecule has 182 valence electrons. The Morgan fingerprint density at radius 3 is 2.91 bits per heavy atom. The summed E-state index contributed by atoms with van der Waals surface area (Å²) in [4.78, 5) is 27.7. The molecule has 3 aromatic rings. The van der Waals surface area contributed by atoms with Crippen molar-refractivity contribution in [3.63, 3.8) is 0 Å². The van der Waals surface area contributed by atoms with Crippen LogP contribution in [0.2, 0.25) is 5.02 Å². The number of amides is 1. The number of azide groups is 1. The Hall–Kier alpha value is -3.66. The van der Waals surface area contributed by atoms with Gasteiger partial charge in [0.05, 0.1) is 18.3 Å². The van der Waals surface area contributed by atoms with Crippen LogP contribution in [-0.2, 0) is 4.74 Å². The van der Waals surface area contributed by atoms with Crippen LogP contribution in [0, 0.1) is 12.7 Å². The van der Waals surface area contributed by atoms with Crippen LogP contribution in [0.1, 0.15) is 40.5 Å². The average molecular weight is 499 g/mol. The minimum Gasteiger partial charge on any atom is -0.381 e. The van der Waals surface area contributed by atoms with E-state index in [1.165, 1.54) is 12.1 Å². The van der Waals surface area contributed by atoms with Gasteiger partial charge in [-0.05, 0) is 60.7 Å². The molecule has 1 aliphatic rings. The number of halogens is 2. The Balaban J connectivity index is 1.52. The molecule has 1 aliphatic heterocycles. The number of anilines is 1. The molecule has 1 amide bonds. The van der Waals surface area contributed by atoms with Gasteiger partial charge < -0.3 is 20.4 Å². The van der Waals surface area contributed by atoms with Gasteiger partial charge in [0.2, 0.25) is 5.95 Å². The number of aromatic amines is 1. The van der Waals surface area contributed by atoms with Gasteiger partial charge in [-0.3, -0.25) is 4.79 Å². The molecule has 0 bridgehead atoms. The summed E-state index contributed by atoms with van der Waals surface area (Å²) >= 11 is 5.96. The number of ether oxygens (including phenoxy) is 1. The van der Waals surface area contributed by atoms with Crippen molar-refractivity contribution < 1.29 is 13.9 Å². The number of hydrogen-bond donors (Lipinski definition) is 3. The maximum Gasteiger partial charge on any atom is 0.268 e. The van der Waals surface area contributed by atoms with Crippen LogP contribution in [0.25, 0.3) is 21.7 Å². The minimum absolute atomic E-state index is 0.109. The first-order chi connectivity index (χ1) is 16.9. The molecule has 10 nitrogen and oxygen atoms in total. The van der Waals surface area contributed by atoms with Gasteiger partial charge in [-0.1, -0.05) is 16.7 Å². The lowest BCUT2D eigenvalue weighted by Crippen LogP contribution is -2.30. The SMILES string of the molecule is Cc1cnc(NC2CCOCC2)nc1-c1c[nH]c(C(=O)N[C@H](CN=[N+]=[N-])c2cc(F)cc(Cl)c2)c1. The molecular formula is C23H24ClFN8O2. The zero-order valence-corrected chi connectivity index (χ0v) is 19.7. The number of carbonyl (C=O) groups excluding carboxylic acids is 1. The third-order valence-electron chi connectivity index (χ3n) is 5.65. The molecule has 1 saturated heterocycles. The Bertz CT molecular complexity index is 1230. The molecule has 3 N–H and O–H groups in total. The minimum atomic E-state index is -0.769. The first-order valence-electron chi connectivity index (χ1n) is 11.1. The van der Waals surface area contributed by atoms with Gasteiger partial charge in [0.1, 0.15) is 11.5 Å². The van der Waals surface area contributed by atoms with Crippen molar-refractivity contribution in [2.45, 2.75) is 31.8 Å². The van der Waals surface area contributed by atoms with Gasteiger partial charge in [-0.15, -0.1) is 0 Å². The summed E-state index contributed by atoms with van der Waals surface area (Å²) in [5.41, 5.74) is 11.6. The fraction of sp³-hybridized carbons (Fsp3) is 0.348. The quantitative estimate of drug-likeness (QED) is 0.229. The maximum absolute atomic E-state index is 13.9. The van der Waals surface area contributed by atoms with E-state index in [1.54, 1.807) is 18.5 Å². The zero-order chi connectivity index (χ0) is 24.8. The highest BCUT2D eigenvalue weighted by Gasteiger charge is 2.20. The molecule has 0 unspecified atom stereocenters. The Kier molecular flexibility index (Phi) is 7.81. The third-order valence-corrected chi connectivity index (χ3v) is 5.87. The molecule has 12 heteroatoms. The predicted molar refractivity (Wildman–Crippen MR) is 130 cm³/mol. The molecule has 3 heterocycles. The highest BCUT2D eigenvalue weighted by atomic mass is 35.5. The van der Waals surface area contributed by atoms with Gasteiger partial charge in [-0.2, -0.15) is 0 Å². The lowest BCUT2D eigenvalue weighted by molar-refractivity contribution is 0.0903. The second kappa shape index (κ2) is 11.2. The van der Waals surface area contributed by atoms with Crippen molar-refractivity contribution >= 4 is 23.5 Å². The number of benzene rings is 1. The van der Waals surface area contributed by atoms with Crippen LogP contribution >= 0.6 is 11.6 Å². The van der Waals surface area contributed by atoms with Crippen LogP contribution in [0.4, 0.5) is 10.3 Å². The molecule has 0 saturated carbocycles. The van der Waals surface area contributed by atoms with Gasteiger partial charge in [0.15, 0.2) is 0 Å². The topological polar surface area (TPSA) is 141 Å². The molecule has 1 fully saturated rings. The average Bonchev–Trinajstić information content (AvgIpc) is 3.33. The number of nitrogens with one attached hydrogen (secondary N) is 3. The fourth-order valence-corrected chi connectivity index (χ4v) is 4.09. The van der Waals surface area contributed by atoms with E-state index in [0.29, 0.717) is 36.0 Å². The normalized spacial score (nSPS) is 14.7. The van der Waals surface area contributed by atoms with Crippen LogP contribution in [0.5, 0.6) is 0 Å². The van der Waals surface area contributed by atoms with E-state index in [4.69, 9.17) is 21.9 Å². The van der Waals surface area contributed by atoms with Gasteiger partial charge in [0.25, 0.3) is 5.91 Å². The van der Waals surface area contributed by atoms with Gasteiger partial charge in [0, 0.05) is 47.1 Å². The lowest BCUT2D eigenvalue weighted by atomic mass is 10.1. The molecular weight excluding hydrogens is 475 g/mol. The number of aromatic nitrogens is 3. The highest BCUT2D eigenvalue weighted by Crippen LogP contribution is 2.25. The molecule has 4 rings (SSSR count). The van der Waals surface area contributed by atoms with E-state index >= 15 is 0 Å². The summed E-state index contributed by atoms with van der Waals surface area (Å²) in [5, 5.41) is 9.82. The van der Waals surface area contributed by atoms with E-state index in [1.807, 2.05) is 6.92 Å². The van der Waals surface area contributed by atoms with E-state index in [-0.39, 0.29) is 23.3 Å². The summed E-state index contributed by atoms with van der Waals surface area (Å²) in [6, 6.07) is 5.06. The largest absolute Gasteiger partial charge is 0.381 e. The van der Waals surface area contributed by atoms with Gasteiger partial charge >= 0.3 is 0 Å². The summed E-state index contributed by atoms with van der Waals surface area (Å²) in [7, 11) is 0. The number of carbonyl (C=O) groups is 1. The maximum atomic E-state index is 13.9. The first kappa shape index (κ1) is 24.5. The van der Waals surface area contributed by atoms with Crippen LogP contribution in [0.15, 0.2) is 41.8 Å². The highest BCUT2D eigenvalue weighted by molar-refractivity contribution is 6.30. The van der Waals surface area contributed by atoms with Crippen LogP contribution < -0.4 is 10.6 Å². The molecule has 0 aliphatic carbocycles. The van der Waals surface area contributed by atoms with E-state index in [2.05, 4.69) is 35.6 Å². The number of aryl methyl sites for hydroxylation is 1. The molecule has 1 aromatic carbocycles. The monoisotopic (exact) mass is 498 g/mol. The van der Waals surface area contributed by atoms with Gasteiger partial charge in [-0.25, -0.2) is 14.4 Å². The lowest BCUT2D eigenvalue weighted by Gasteiger charge is -2.23. The standard InChI is InChI=1S/C23H24ClFN8O2/c1-13-10-28-23(30-18-2-4-35-5-3-18)32-21(13)15-8-19(27-11-15)22(34)31-20(12-29-33-26)14-6-16(24)9-17(25)7-14/h6-11,18,20,27H,2-5,12H2,1H3,(H,31,34)(H,28,30,32)/t20-/m1/s1. The van der Waals surface area contributed by atoms with Crippen molar-refractivity contribution in [3.8, 4) is 11.3 Å². The van der Waals surface area contributed by atoms with Crippen molar-refractivity contribution in [1.29, 1.82) is 0 Å². The Labute approximate surface area is 205 Å². The summed E-state index contributed by atoms with van der Waals surface area (Å²) < 4.78 is 19.2. The third kappa shape index (κ3) is 6.27. The smallest absolute Gasteiger partial charge is 0.268 e. The molecule has 2 aromatic heterocycles. The molecule has 1 atom stereocenters. The summed E-state index contributed by atoms with van der Waals surface area (Å²) in [5.74, 6) is -0.497. The summed E-state index contributed by atoms with van der Waals surface area (Å²) in [6.07, 6.45) is 5.19. The van der Waals surface area contributed by atoms with Crippen LogP contribution in [-0.4, -0.2) is 46.7 Å². The summed E-state index contributed by atoms with van der Waals surface area (Å²) in [6.45, 7) is 3.19. The van der Waals surface area contributed by atoms with E-state index in [9.17, 15) is 9.18 Å². The number of hydrogen-bond acceptors (Lipinski definition) is 6. The molecule has 35 heavy (non-hydrogen) atoms. The first-order valence-corrected chi connectivity index (χ1v) is 11.4. The number of H-pyrrole nitrogens is 1. The second-order valence-corrected chi connectivity index (χ2v) is 8.64. The Morgan fingerprint density at radius 2 is 2.17 bits per heavy atom. The van der Waals surface area contributed by atoms with Crippen molar-refractivity contribution in [3.05, 3.63) is 74.8 Å². The zero-order valence-electron chi connectivity index (χ0n) is 19.0. The predicted octanol–water partition coefficient (Wildman–Crippen LogP) is 4.94. The van der Waals surface area contributed by atoms with Crippen molar-refractivity contribution in [2.24, 2.45) is 5.11 Å². The van der Waals surface area contributed by atoms with E-state index in [0.717, 1.165) is 24.5 Å². The molecule has 0 spiro atoms. The second-order valence-electron chi connectivity index (χ2n) is 8.20. The Morgan fingerprint density at radius 1 is 1.37 bits per heavy atom. The van der Waals surface area contributed by atoms with Crippen molar-refractivity contribution in [1.82, 2.24) is 20.3 Å². The fourth-order valence-electron chi connectivity index (χ4n) is 3.86. The number of nitrogens with zero attached hydrogens (tertiary/aromatic N) is 5. The number of rotatable bonds is 8.